The average molecular weight is 310 g/mol. The third-order valence-corrected chi connectivity index (χ3v) is 4.91. The minimum absolute atomic E-state index is 0.0513. The normalized spacial score (nSPS) is 27.5. The molecule has 7 heteroatoms. The van der Waals surface area contributed by atoms with E-state index in [2.05, 4.69) is 15.2 Å². The van der Waals surface area contributed by atoms with E-state index in [1.54, 1.807) is 11.3 Å². The van der Waals surface area contributed by atoms with Gasteiger partial charge >= 0.3 is 0 Å². The number of carbonyl (C=O) groups excluding carboxylic acids is 1. The molecule has 2 aliphatic rings. The molecule has 6 nitrogen and oxygen atoms in total. The molecule has 0 unspecified atom stereocenters. The molecule has 0 aliphatic carbocycles. The Morgan fingerprint density at radius 3 is 3.10 bits per heavy atom. The molecule has 3 heterocycles. The molecule has 1 aromatic heterocycles. The van der Waals surface area contributed by atoms with E-state index in [-0.39, 0.29) is 18.1 Å². The van der Waals surface area contributed by atoms with Crippen molar-refractivity contribution in [2.45, 2.75) is 25.5 Å². The van der Waals surface area contributed by atoms with Gasteiger partial charge in [-0.2, -0.15) is 0 Å². The van der Waals surface area contributed by atoms with Crippen LogP contribution in [0.4, 0.5) is 5.13 Å². The van der Waals surface area contributed by atoms with Crippen LogP contribution in [0.25, 0.3) is 0 Å². The Balaban J connectivity index is 1.60. The third kappa shape index (κ3) is 3.36. The summed E-state index contributed by atoms with van der Waals surface area (Å²) < 4.78 is 5.58. The van der Waals surface area contributed by atoms with Crippen LogP contribution in [0.5, 0.6) is 0 Å². The number of hydrogen-bond donors (Lipinski definition) is 1. The van der Waals surface area contributed by atoms with Crippen LogP contribution in [0.1, 0.15) is 13.3 Å². The van der Waals surface area contributed by atoms with E-state index in [0.717, 1.165) is 44.3 Å². The number of amides is 1. The lowest BCUT2D eigenvalue weighted by atomic mass is 10.1. The summed E-state index contributed by atoms with van der Waals surface area (Å²) in [6.07, 6.45) is 2.76. The van der Waals surface area contributed by atoms with Gasteiger partial charge < -0.3 is 19.9 Å². The maximum atomic E-state index is 12.7. The van der Waals surface area contributed by atoms with Crippen LogP contribution < -0.4 is 10.2 Å². The number of hydrogen-bond acceptors (Lipinski definition) is 6. The number of nitrogens with zero attached hydrogens (tertiary/aromatic N) is 3. The smallest absolute Gasteiger partial charge is 0.242 e. The molecule has 0 bridgehead atoms. The van der Waals surface area contributed by atoms with E-state index in [0.29, 0.717) is 6.61 Å². The summed E-state index contributed by atoms with van der Waals surface area (Å²) in [5, 5.41) is 6.33. The SMILES string of the molecule is C[C@H]1OCCN[C@@H]1C(=O)N1CCCN(c2nccs2)CC1. The van der Waals surface area contributed by atoms with Gasteiger partial charge in [0.25, 0.3) is 0 Å². The van der Waals surface area contributed by atoms with E-state index in [9.17, 15) is 4.79 Å². The van der Waals surface area contributed by atoms with E-state index < -0.39 is 0 Å². The molecule has 3 rings (SSSR count). The maximum Gasteiger partial charge on any atom is 0.242 e. The predicted octanol–water partition coefficient (Wildman–Crippen LogP) is 0.559. The lowest BCUT2D eigenvalue weighted by molar-refractivity contribution is -0.139. The molecular weight excluding hydrogens is 288 g/mol. The van der Waals surface area contributed by atoms with Gasteiger partial charge in [-0.1, -0.05) is 0 Å². The summed E-state index contributed by atoms with van der Waals surface area (Å²) in [6.45, 7) is 6.77. The van der Waals surface area contributed by atoms with E-state index >= 15 is 0 Å². The minimum atomic E-state index is -0.204. The van der Waals surface area contributed by atoms with Crippen LogP contribution in [0.2, 0.25) is 0 Å². The number of rotatable bonds is 2. The Labute approximate surface area is 129 Å². The van der Waals surface area contributed by atoms with Gasteiger partial charge in [0.1, 0.15) is 6.04 Å². The van der Waals surface area contributed by atoms with Gasteiger partial charge in [-0.05, 0) is 13.3 Å². The second kappa shape index (κ2) is 6.72. The number of ether oxygens (including phenoxy) is 1. The highest BCUT2D eigenvalue weighted by Crippen LogP contribution is 2.19. The summed E-state index contributed by atoms with van der Waals surface area (Å²) >= 11 is 1.66. The lowest BCUT2D eigenvalue weighted by Crippen LogP contribution is -2.56. The Morgan fingerprint density at radius 2 is 2.33 bits per heavy atom. The van der Waals surface area contributed by atoms with Crippen LogP contribution in [0.3, 0.4) is 0 Å². The quantitative estimate of drug-likeness (QED) is 0.865. The van der Waals surface area contributed by atoms with Gasteiger partial charge in [-0.3, -0.25) is 4.79 Å². The van der Waals surface area contributed by atoms with Crippen LogP contribution in [0, 0.1) is 0 Å². The minimum Gasteiger partial charge on any atom is -0.375 e. The molecule has 0 aromatic carbocycles. The second-order valence-electron chi connectivity index (χ2n) is 5.49. The molecule has 2 aliphatic heterocycles. The summed E-state index contributed by atoms with van der Waals surface area (Å²) in [5.41, 5.74) is 0. The number of morpholine rings is 1. The Morgan fingerprint density at radius 1 is 1.43 bits per heavy atom. The number of aromatic nitrogens is 1. The molecule has 1 N–H and O–H groups in total. The first-order chi connectivity index (χ1) is 10.3. The first-order valence-electron chi connectivity index (χ1n) is 7.54. The molecule has 0 radical (unpaired) electrons. The van der Waals surface area contributed by atoms with Crippen LogP contribution in [0.15, 0.2) is 11.6 Å². The molecule has 1 amide bonds. The number of carbonyl (C=O) groups is 1. The van der Waals surface area contributed by atoms with E-state index in [1.165, 1.54) is 0 Å². The summed E-state index contributed by atoms with van der Waals surface area (Å²) in [4.78, 5) is 21.3. The van der Waals surface area contributed by atoms with Gasteiger partial charge in [0, 0.05) is 44.3 Å². The summed E-state index contributed by atoms with van der Waals surface area (Å²) in [5.74, 6) is 0.170. The van der Waals surface area contributed by atoms with Gasteiger partial charge in [0.15, 0.2) is 5.13 Å². The van der Waals surface area contributed by atoms with Gasteiger partial charge in [0.2, 0.25) is 5.91 Å². The number of thiazole rings is 1. The molecule has 0 saturated carbocycles. The Kier molecular flexibility index (Phi) is 4.72. The Bertz CT molecular complexity index is 468. The highest BCUT2D eigenvalue weighted by Gasteiger charge is 2.32. The largest absolute Gasteiger partial charge is 0.375 e. The molecule has 116 valence electrons. The maximum absolute atomic E-state index is 12.7. The van der Waals surface area contributed by atoms with Gasteiger partial charge in [-0.25, -0.2) is 4.98 Å². The molecule has 2 fully saturated rings. The van der Waals surface area contributed by atoms with E-state index in [1.807, 2.05) is 23.4 Å². The zero-order valence-electron chi connectivity index (χ0n) is 12.3. The molecule has 2 atom stereocenters. The number of nitrogens with one attached hydrogen (secondary N) is 1. The molecule has 2 saturated heterocycles. The highest BCUT2D eigenvalue weighted by atomic mass is 32.1. The Hall–Kier alpha value is -1.18. The first-order valence-corrected chi connectivity index (χ1v) is 8.42. The fourth-order valence-electron chi connectivity index (χ4n) is 2.91. The molecular formula is C14H22N4O2S. The van der Waals surface area contributed by atoms with Crippen molar-refractivity contribution >= 4 is 22.4 Å². The third-order valence-electron chi connectivity index (χ3n) is 4.08. The van der Waals surface area contributed by atoms with Crippen molar-refractivity contribution in [2.75, 3.05) is 44.2 Å². The molecule has 0 spiro atoms. The fourth-order valence-corrected chi connectivity index (χ4v) is 3.60. The lowest BCUT2D eigenvalue weighted by Gasteiger charge is -2.33. The van der Waals surface area contributed by atoms with Crippen molar-refractivity contribution in [2.24, 2.45) is 0 Å². The predicted molar refractivity (Wildman–Crippen MR) is 82.7 cm³/mol. The van der Waals surface area contributed by atoms with Crippen LogP contribution >= 0.6 is 11.3 Å². The van der Waals surface area contributed by atoms with Gasteiger partial charge in [-0.15, -0.1) is 11.3 Å². The monoisotopic (exact) mass is 310 g/mol. The van der Waals surface area contributed by atoms with Gasteiger partial charge in [0.05, 0.1) is 12.7 Å². The van der Waals surface area contributed by atoms with Crippen molar-refractivity contribution in [3.63, 3.8) is 0 Å². The first kappa shape index (κ1) is 14.7. The van der Waals surface area contributed by atoms with Crippen LogP contribution in [-0.4, -0.2) is 67.3 Å². The molecule has 1 aromatic rings. The van der Waals surface area contributed by atoms with E-state index in [4.69, 9.17) is 4.74 Å². The van der Waals surface area contributed by atoms with Crippen molar-refractivity contribution in [3.8, 4) is 0 Å². The summed E-state index contributed by atoms with van der Waals surface area (Å²) in [7, 11) is 0. The average Bonchev–Trinajstić information content (AvgIpc) is 2.92. The van der Waals surface area contributed by atoms with Crippen molar-refractivity contribution in [3.05, 3.63) is 11.6 Å². The number of anilines is 1. The van der Waals surface area contributed by atoms with Crippen molar-refractivity contribution < 1.29 is 9.53 Å². The highest BCUT2D eigenvalue weighted by molar-refractivity contribution is 7.13. The topological polar surface area (TPSA) is 57.7 Å². The zero-order valence-corrected chi connectivity index (χ0v) is 13.1. The standard InChI is InChI=1S/C14H22N4O2S/c1-11-12(15-3-9-20-11)13(19)17-5-2-6-18(8-7-17)14-16-4-10-21-14/h4,10-12,15H,2-3,5-9H2,1H3/t11-,12+/m1/s1. The van der Waals surface area contributed by atoms with Crippen molar-refractivity contribution in [1.82, 2.24) is 15.2 Å². The fraction of sp³-hybridized carbons (Fsp3) is 0.714. The second-order valence-corrected chi connectivity index (χ2v) is 6.36. The van der Waals surface area contributed by atoms with Crippen LogP contribution in [-0.2, 0) is 9.53 Å². The zero-order chi connectivity index (χ0) is 14.7. The summed E-state index contributed by atoms with van der Waals surface area (Å²) in [6, 6.07) is -0.204. The van der Waals surface area contributed by atoms with Crippen molar-refractivity contribution in [1.29, 1.82) is 0 Å². The molecule has 21 heavy (non-hydrogen) atoms.